The Morgan fingerprint density at radius 3 is 2.32 bits per heavy atom. The van der Waals surface area contributed by atoms with E-state index in [1.54, 1.807) is 14.2 Å². The van der Waals surface area contributed by atoms with Crippen LogP contribution in [0.4, 0.5) is 4.79 Å². The fourth-order valence-corrected chi connectivity index (χ4v) is 3.43. The second-order valence-electron chi connectivity index (χ2n) is 8.90. The Kier molecular flexibility index (Phi) is 9.27. The highest BCUT2D eigenvalue weighted by Gasteiger charge is 2.25. The molecule has 31 heavy (non-hydrogen) atoms. The topological polar surface area (TPSA) is 93.2 Å². The highest BCUT2D eigenvalue weighted by Crippen LogP contribution is 2.20. The quantitative estimate of drug-likeness (QED) is 0.450. The molecule has 1 aliphatic carbocycles. The Labute approximate surface area is 186 Å². The number of aliphatic imine (C=N–C) groups is 1. The predicted molar refractivity (Wildman–Crippen MR) is 123 cm³/mol. The van der Waals surface area contributed by atoms with Crippen molar-refractivity contribution in [3.8, 4) is 11.5 Å². The number of benzene rings is 1. The summed E-state index contributed by atoms with van der Waals surface area (Å²) >= 11 is 0. The van der Waals surface area contributed by atoms with Crippen molar-refractivity contribution in [2.24, 2.45) is 4.99 Å². The Hall–Kier alpha value is -2.64. The van der Waals surface area contributed by atoms with Crippen LogP contribution in [-0.2, 0) is 4.74 Å². The highest BCUT2D eigenvalue weighted by atomic mass is 16.6. The van der Waals surface area contributed by atoms with Crippen molar-refractivity contribution in [1.82, 2.24) is 16.0 Å². The van der Waals surface area contributed by atoms with Crippen LogP contribution in [0.2, 0.25) is 0 Å². The van der Waals surface area contributed by atoms with E-state index in [9.17, 15) is 4.79 Å². The Morgan fingerprint density at radius 2 is 1.74 bits per heavy atom. The first-order valence-corrected chi connectivity index (χ1v) is 11.0. The predicted octanol–water partition coefficient (Wildman–Crippen LogP) is 3.46. The lowest BCUT2D eigenvalue weighted by atomic mass is 9.91. The molecule has 1 aromatic carbocycles. The molecule has 1 saturated carbocycles. The van der Waals surface area contributed by atoms with E-state index in [2.05, 4.69) is 20.9 Å². The van der Waals surface area contributed by atoms with E-state index in [0.29, 0.717) is 12.6 Å². The lowest BCUT2D eigenvalue weighted by Gasteiger charge is -2.31. The van der Waals surface area contributed by atoms with Crippen LogP contribution in [0.1, 0.15) is 53.4 Å². The Balaban J connectivity index is 1.70. The van der Waals surface area contributed by atoms with Gasteiger partial charge in [0.05, 0.1) is 13.7 Å². The number of guanidine groups is 1. The molecule has 1 atom stereocenters. The van der Waals surface area contributed by atoms with Crippen molar-refractivity contribution in [2.75, 3.05) is 20.7 Å². The molecule has 1 unspecified atom stereocenters. The van der Waals surface area contributed by atoms with Crippen LogP contribution in [0.5, 0.6) is 11.5 Å². The van der Waals surface area contributed by atoms with Crippen molar-refractivity contribution in [2.45, 2.75) is 77.2 Å². The van der Waals surface area contributed by atoms with Gasteiger partial charge in [-0.3, -0.25) is 4.99 Å². The average molecular weight is 435 g/mol. The fraction of sp³-hybridized carbons (Fsp3) is 0.652. The number of rotatable bonds is 7. The summed E-state index contributed by atoms with van der Waals surface area (Å²) in [5, 5.41) is 9.78. The maximum atomic E-state index is 12.0. The second-order valence-corrected chi connectivity index (χ2v) is 8.90. The summed E-state index contributed by atoms with van der Waals surface area (Å²) in [7, 11) is 3.40. The molecule has 174 valence electrons. The largest absolute Gasteiger partial charge is 0.497 e. The third-order valence-corrected chi connectivity index (χ3v) is 4.95. The van der Waals surface area contributed by atoms with E-state index < -0.39 is 5.60 Å². The van der Waals surface area contributed by atoms with E-state index >= 15 is 0 Å². The van der Waals surface area contributed by atoms with Crippen LogP contribution in [0.3, 0.4) is 0 Å². The second kappa shape index (κ2) is 11.7. The van der Waals surface area contributed by atoms with E-state index in [4.69, 9.17) is 14.2 Å². The molecule has 0 saturated heterocycles. The third-order valence-electron chi connectivity index (χ3n) is 4.95. The van der Waals surface area contributed by atoms with Gasteiger partial charge in [0, 0.05) is 25.2 Å². The van der Waals surface area contributed by atoms with Gasteiger partial charge in [-0.15, -0.1) is 0 Å². The minimum absolute atomic E-state index is 0.0422. The van der Waals surface area contributed by atoms with Crippen LogP contribution < -0.4 is 25.4 Å². The zero-order chi connectivity index (χ0) is 22.9. The molecule has 0 spiro atoms. The van der Waals surface area contributed by atoms with Gasteiger partial charge in [-0.2, -0.15) is 0 Å². The van der Waals surface area contributed by atoms with Gasteiger partial charge in [-0.25, -0.2) is 4.79 Å². The van der Waals surface area contributed by atoms with Gasteiger partial charge in [-0.1, -0.05) is 6.07 Å². The summed E-state index contributed by atoms with van der Waals surface area (Å²) in [6.07, 6.45) is 3.34. The molecule has 8 nitrogen and oxygen atoms in total. The smallest absolute Gasteiger partial charge is 0.407 e. The van der Waals surface area contributed by atoms with Gasteiger partial charge >= 0.3 is 6.09 Å². The molecule has 2 rings (SSSR count). The number of ether oxygens (including phenoxy) is 3. The average Bonchev–Trinajstić information content (AvgIpc) is 2.71. The van der Waals surface area contributed by atoms with Gasteiger partial charge in [0.15, 0.2) is 5.96 Å². The Bertz CT molecular complexity index is 725. The molecule has 1 aliphatic rings. The van der Waals surface area contributed by atoms with E-state index in [1.165, 1.54) is 0 Å². The zero-order valence-corrected chi connectivity index (χ0v) is 19.7. The fourth-order valence-electron chi connectivity index (χ4n) is 3.43. The summed E-state index contributed by atoms with van der Waals surface area (Å²) in [6.45, 7) is 8.23. The molecule has 0 aromatic heterocycles. The molecule has 3 N–H and O–H groups in total. The van der Waals surface area contributed by atoms with E-state index in [-0.39, 0.29) is 18.2 Å². The molecule has 0 bridgehead atoms. The maximum Gasteiger partial charge on any atom is 0.407 e. The highest BCUT2D eigenvalue weighted by molar-refractivity contribution is 5.80. The van der Waals surface area contributed by atoms with Gasteiger partial charge in [-0.05, 0) is 65.5 Å². The molecule has 1 aromatic rings. The van der Waals surface area contributed by atoms with Crippen LogP contribution in [0.15, 0.2) is 29.3 Å². The molecule has 8 heteroatoms. The van der Waals surface area contributed by atoms with Crippen LogP contribution in [0.25, 0.3) is 0 Å². The van der Waals surface area contributed by atoms with Gasteiger partial charge in [0.2, 0.25) is 0 Å². The first-order valence-electron chi connectivity index (χ1n) is 11.0. The minimum atomic E-state index is -0.478. The molecular weight excluding hydrogens is 396 g/mol. The third kappa shape index (κ3) is 9.36. The number of methoxy groups -OCH3 is 1. The standard InChI is InChI=1S/C23H38N4O4/c1-16(30-20-9-7-8-19(14-20)29-6)15-25-21(24-5)26-17-10-12-18(13-11-17)27-22(28)31-23(2,3)4/h7-9,14,16-18H,10-13,15H2,1-6H3,(H,27,28)(H2,24,25,26). The number of carbonyl (C=O) groups is 1. The monoisotopic (exact) mass is 434 g/mol. The van der Waals surface area contributed by atoms with Crippen molar-refractivity contribution in [3.05, 3.63) is 24.3 Å². The molecular formula is C23H38N4O4. The van der Waals surface area contributed by atoms with E-state index in [0.717, 1.165) is 43.1 Å². The molecule has 0 radical (unpaired) electrons. The van der Waals surface area contributed by atoms with Gasteiger partial charge in [0.25, 0.3) is 0 Å². The van der Waals surface area contributed by atoms with Gasteiger partial charge in [0.1, 0.15) is 23.2 Å². The number of alkyl carbamates (subject to hydrolysis) is 1. The SMILES string of the molecule is CN=C(NCC(C)Oc1cccc(OC)c1)NC1CCC(NC(=O)OC(C)(C)C)CC1. The number of hydrogen-bond acceptors (Lipinski definition) is 5. The van der Waals surface area contributed by atoms with Crippen molar-refractivity contribution < 1.29 is 19.0 Å². The van der Waals surface area contributed by atoms with Gasteiger partial charge < -0.3 is 30.2 Å². The van der Waals surface area contributed by atoms with Crippen LogP contribution in [0, 0.1) is 0 Å². The summed E-state index contributed by atoms with van der Waals surface area (Å²) < 4.78 is 16.5. The van der Waals surface area contributed by atoms with Crippen molar-refractivity contribution in [1.29, 1.82) is 0 Å². The minimum Gasteiger partial charge on any atom is -0.497 e. The van der Waals surface area contributed by atoms with Crippen molar-refractivity contribution in [3.63, 3.8) is 0 Å². The number of amides is 1. The number of carbonyl (C=O) groups excluding carboxylic acids is 1. The summed E-state index contributed by atoms with van der Waals surface area (Å²) in [5.74, 6) is 2.30. The summed E-state index contributed by atoms with van der Waals surface area (Å²) in [4.78, 5) is 16.3. The van der Waals surface area contributed by atoms with Crippen LogP contribution in [-0.4, -0.2) is 56.5 Å². The lowest BCUT2D eigenvalue weighted by molar-refractivity contribution is 0.0490. The molecule has 0 aliphatic heterocycles. The molecule has 1 fully saturated rings. The number of hydrogen-bond donors (Lipinski definition) is 3. The number of nitrogens with zero attached hydrogens (tertiary/aromatic N) is 1. The van der Waals surface area contributed by atoms with E-state index in [1.807, 2.05) is 52.0 Å². The van der Waals surface area contributed by atoms with Crippen LogP contribution >= 0.6 is 0 Å². The summed E-state index contributed by atoms with van der Waals surface area (Å²) in [5.41, 5.74) is -0.478. The van der Waals surface area contributed by atoms with Crippen molar-refractivity contribution >= 4 is 12.1 Å². The number of nitrogens with one attached hydrogen (secondary N) is 3. The molecule has 0 heterocycles. The zero-order valence-electron chi connectivity index (χ0n) is 19.7. The maximum absolute atomic E-state index is 12.0. The normalized spacial score (nSPS) is 20.4. The Morgan fingerprint density at radius 1 is 1.13 bits per heavy atom. The molecule has 1 amide bonds. The lowest BCUT2D eigenvalue weighted by Crippen LogP contribution is -2.49. The summed E-state index contributed by atoms with van der Waals surface area (Å²) in [6, 6.07) is 8.04. The first-order chi connectivity index (χ1) is 14.7. The first kappa shape index (κ1) is 24.6.